The Morgan fingerprint density at radius 1 is 1.25 bits per heavy atom. The number of hydrogen-bond acceptors (Lipinski definition) is 4. The van der Waals surface area contributed by atoms with E-state index in [0.717, 1.165) is 26.6 Å². The van der Waals surface area contributed by atoms with Gasteiger partial charge in [-0.25, -0.2) is 4.98 Å². The minimum Gasteiger partial charge on any atom is -0.494 e. The normalized spacial score (nSPS) is 12.2. The third kappa shape index (κ3) is 4.51. The monoisotopic (exact) mass is 352 g/mol. The van der Waals surface area contributed by atoms with Crippen LogP contribution in [-0.2, 0) is 0 Å². The molecular weight excluding hydrogens is 336 g/mol. The molecule has 0 spiro atoms. The lowest BCUT2D eigenvalue weighted by molar-refractivity contribution is 0.340. The number of ether oxygens (including phenoxy) is 1. The molecule has 2 aromatic rings. The maximum absolute atomic E-state index is 6.20. The van der Waals surface area contributed by atoms with Crippen LogP contribution in [0, 0.1) is 0 Å². The van der Waals surface area contributed by atoms with Gasteiger partial charge in [-0.15, -0.1) is 11.8 Å². The predicted octanol–water partition coefficient (Wildman–Crippen LogP) is 4.03. The fourth-order valence-electron chi connectivity index (χ4n) is 1.70. The average Bonchev–Trinajstić information content (AvgIpc) is 2.47. The van der Waals surface area contributed by atoms with Gasteiger partial charge in [-0.2, -0.15) is 0 Å². The molecule has 1 atom stereocenters. The van der Waals surface area contributed by atoms with Crippen LogP contribution in [0.1, 0.15) is 18.5 Å². The first-order valence-electron chi connectivity index (χ1n) is 6.41. The quantitative estimate of drug-likeness (QED) is 0.797. The van der Waals surface area contributed by atoms with Crippen LogP contribution in [0.25, 0.3) is 0 Å². The Kier molecular flexibility index (Phi) is 5.88. The molecule has 1 aromatic carbocycles. The van der Waals surface area contributed by atoms with Crippen molar-refractivity contribution in [1.82, 2.24) is 4.98 Å². The Hall–Kier alpha value is -1.04. The Labute approximate surface area is 132 Å². The van der Waals surface area contributed by atoms with Gasteiger partial charge >= 0.3 is 0 Å². The van der Waals surface area contributed by atoms with Gasteiger partial charge in [0, 0.05) is 22.5 Å². The molecular formula is C15H17BrN2OS. The van der Waals surface area contributed by atoms with E-state index in [0.29, 0.717) is 6.61 Å². The molecule has 2 N–H and O–H groups in total. The van der Waals surface area contributed by atoms with E-state index in [9.17, 15) is 0 Å². The first kappa shape index (κ1) is 15.4. The molecule has 0 fully saturated rings. The second-order valence-corrected chi connectivity index (χ2v) is 6.19. The summed E-state index contributed by atoms with van der Waals surface area (Å²) in [6.07, 6.45) is 1.80. The second kappa shape index (κ2) is 7.67. The molecule has 1 aromatic heterocycles. The third-order valence-electron chi connectivity index (χ3n) is 2.73. The van der Waals surface area contributed by atoms with Crippen molar-refractivity contribution in [2.45, 2.75) is 18.0 Å². The van der Waals surface area contributed by atoms with Crippen LogP contribution in [0.4, 0.5) is 0 Å². The van der Waals surface area contributed by atoms with E-state index in [-0.39, 0.29) is 6.04 Å². The minimum absolute atomic E-state index is 0.0128. The summed E-state index contributed by atoms with van der Waals surface area (Å²) in [6, 6.07) is 11.9. The van der Waals surface area contributed by atoms with Crippen molar-refractivity contribution in [3.63, 3.8) is 0 Å². The molecule has 1 heterocycles. The van der Waals surface area contributed by atoms with Crippen molar-refractivity contribution in [2.75, 3.05) is 12.4 Å². The van der Waals surface area contributed by atoms with E-state index in [1.165, 1.54) is 0 Å². The lowest BCUT2D eigenvalue weighted by atomic mass is 10.1. The van der Waals surface area contributed by atoms with E-state index in [1.54, 1.807) is 18.0 Å². The zero-order valence-electron chi connectivity index (χ0n) is 11.3. The number of thioether (sulfide) groups is 1. The molecule has 1 unspecified atom stereocenters. The molecule has 0 aliphatic carbocycles. The summed E-state index contributed by atoms with van der Waals surface area (Å²) in [7, 11) is 0. The van der Waals surface area contributed by atoms with Gasteiger partial charge in [0.1, 0.15) is 5.75 Å². The first-order valence-corrected chi connectivity index (χ1v) is 8.19. The molecule has 0 radical (unpaired) electrons. The van der Waals surface area contributed by atoms with Gasteiger partial charge in [-0.05, 0) is 52.7 Å². The number of nitrogens with zero attached hydrogens (tertiary/aromatic N) is 1. The van der Waals surface area contributed by atoms with Gasteiger partial charge in [-0.1, -0.05) is 12.1 Å². The molecule has 5 heteroatoms. The number of rotatable bonds is 6. The van der Waals surface area contributed by atoms with E-state index >= 15 is 0 Å². The summed E-state index contributed by atoms with van der Waals surface area (Å²) >= 11 is 5.03. The maximum Gasteiger partial charge on any atom is 0.119 e. The Balaban J connectivity index is 1.90. The van der Waals surface area contributed by atoms with E-state index in [1.807, 2.05) is 43.3 Å². The summed E-state index contributed by atoms with van der Waals surface area (Å²) in [4.78, 5) is 4.32. The number of nitrogens with two attached hydrogens (primary N) is 1. The minimum atomic E-state index is -0.0128. The van der Waals surface area contributed by atoms with Crippen molar-refractivity contribution in [3.8, 4) is 5.75 Å². The Morgan fingerprint density at radius 2 is 2.00 bits per heavy atom. The highest BCUT2D eigenvalue weighted by atomic mass is 79.9. The smallest absolute Gasteiger partial charge is 0.119 e. The zero-order chi connectivity index (χ0) is 14.4. The van der Waals surface area contributed by atoms with Gasteiger partial charge in [0.15, 0.2) is 0 Å². The number of hydrogen-bond donors (Lipinski definition) is 1. The van der Waals surface area contributed by atoms with Crippen LogP contribution in [0.5, 0.6) is 5.75 Å². The molecule has 2 rings (SSSR count). The summed E-state index contributed by atoms with van der Waals surface area (Å²) in [5, 5.41) is 0.981. The van der Waals surface area contributed by atoms with E-state index < -0.39 is 0 Å². The lowest BCUT2D eigenvalue weighted by Gasteiger charge is -2.12. The number of pyridine rings is 1. The van der Waals surface area contributed by atoms with Crippen molar-refractivity contribution in [1.29, 1.82) is 0 Å². The van der Waals surface area contributed by atoms with E-state index in [2.05, 4.69) is 20.9 Å². The fourth-order valence-corrected chi connectivity index (χ4v) is 2.77. The zero-order valence-corrected chi connectivity index (χ0v) is 13.7. The highest BCUT2D eigenvalue weighted by Gasteiger charge is 2.07. The number of benzene rings is 1. The molecule has 0 saturated heterocycles. The van der Waals surface area contributed by atoms with Gasteiger partial charge in [-0.3, -0.25) is 0 Å². The van der Waals surface area contributed by atoms with Crippen molar-refractivity contribution in [3.05, 3.63) is 52.6 Å². The van der Waals surface area contributed by atoms with E-state index in [4.69, 9.17) is 10.5 Å². The molecule has 0 bridgehead atoms. The SMILES string of the molecule is CCOc1ccc(C(N)CSc2ccc(Br)cn2)cc1. The fraction of sp³-hybridized carbons (Fsp3) is 0.267. The lowest BCUT2D eigenvalue weighted by Crippen LogP contribution is -2.12. The predicted molar refractivity (Wildman–Crippen MR) is 87.2 cm³/mol. The third-order valence-corrected chi connectivity index (χ3v) is 4.26. The van der Waals surface area contributed by atoms with Crippen LogP contribution >= 0.6 is 27.7 Å². The standard InChI is InChI=1S/C15H17BrN2OS/c1-2-19-13-6-3-11(4-7-13)14(17)10-20-15-8-5-12(16)9-18-15/h3-9,14H,2,10,17H2,1H3. The van der Waals surface area contributed by atoms with Gasteiger partial charge in [0.2, 0.25) is 0 Å². The Morgan fingerprint density at radius 3 is 2.60 bits per heavy atom. The molecule has 3 nitrogen and oxygen atoms in total. The van der Waals surface area contributed by atoms with Crippen LogP contribution in [0.2, 0.25) is 0 Å². The summed E-state index contributed by atoms with van der Waals surface area (Å²) in [5.74, 6) is 1.67. The molecule has 20 heavy (non-hydrogen) atoms. The van der Waals surface area contributed by atoms with Crippen molar-refractivity contribution in [2.24, 2.45) is 5.73 Å². The van der Waals surface area contributed by atoms with Crippen LogP contribution in [-0.4, -0.2) is 17.3 Å². The Bertz CT molecular complexity index is 531. The molecule has 0 amide bonds. The molecule has 0 saturated carbocycles. The first-order chi connectivity index (χ1) is 9.69. The summed E-state index contributed by atoms with van der Waals surface area (Å²) in [6.45, 7) is 2.65. The van der Waals surface area contributed by atoms with Gasteiger partial charge < -0.3 is 10.5 Å². The summed E-state index contributed by atoms with van der Waals surface area (Å²) < 4.78 is 6.40. The number of halogens is 1. The van der Waals surface area contributed by atoms with Crippen molar-refractivity contribution < 1.29 is 4.74 Å². The molecule has 0 aliphatic heterocycles. The van der Waals surface area contributed by atoms with Gasteiger partial charge in [0.25, 0.3) is 0 Å². The largest absolute Gasteiger partial charge is 0.494 e. The average molecular weight is 353 g/mol. The summed E-state index contributed by atoms with van der Waals surface area (Å²) in [5.41, 5.74) is 7.31. The number of aromatic nitrogens is 1. The maximum atomic E-state index is 6.20. The molecule has 106 valence electrons. The van der Waals surface area contributed by atoms with Crippen LogP contribution in [0.15, 0.2) is 52.1 Å². The van der Waals surface area contributed by atoms with Crippen molar-refractivity contribution >= 4 is 27.7 Å². The van der Waals surface area contributed by atoms with Gasteiger partial charge in [0.05, 0.1) is 11.6 Å². The second-order valence-electron chi connectivity index (χ2n) is 4.23. The van der Waals surface area contributed by atoms with Crippen LogP contribution in [0.3, 0.4) is 0 Å². The molecule has 0 aliphatic rings. The highest BCUT2D eigenvalue weighted by molar-refractivity contribution is 9.10. The highest BCUT2D eigenvalue weighted by Crippen LogP contribution is 2.24. The topological polar surface area (TPSA) is 48.1 Å². The van der Waals surface area contributed by atoms with Crippen LogP contribution < -0.4 is 10.5 Å².